The first kappa shape index (κ1) is 12.7. The lowest BCUT2D eigenvalue weighted by Crippen LogP contribution is -2.08. The SMILES string of the molecule is Cc1nc(CS(=O)(=O)c2ncccc2Br)cs1. The van der Waals surface area contributed by atoms with Gasteiger partial charge in [0.25, 0.3) is 0 Å². The van der Waals surface area contributed by atoms with Crippen molar-refractivity contribution in [1.82, 2.24) is 9.97 Å². The summed E-state index contributed by atoms with van der Waals surface area (Å²) in [6, 6.07) is 3.34. The molecule has 0 aliphatic rings. The summed E-state index contributed by atoms with van der Waals surface area (Å²) < 4.78 is 24.7. The zero-order valence-electron chi connectivity index (χ0n) is 8.92. The van der Waals surface area contributed by atoms with Crippen LogP contribution in [0, 0.1) is 6.92 Å². The minimum absolute atomic E-state index is 0.0608. The lowest BCUT2D eigenvalue weighted by molar-refractivity contribution is 0.590. The molecule has 0 unspecified atom stereocenters. The van der Waals surface area contributed by atoms with Gasteiger partial charge in [0.15, 0.2) is 5.03 Å². The topological polar surface area (TPSA) is 59.9 Å². The maximum atomic E-state index is 12.1. The molecule has 0 spiro atoms. The van der Waals surface area contributed by atoms with E-state index in [2.05, 4.69) is 25.9 Å². The Morgan fingerprint density at radius 2 is 2.24 bits per heavy atom. The quantitative estimate of drug-likeness (QED) is 0.866. The van der Waals surface area contributed by atoms with Gasteiger partial charge in [0.05, 0.1) is 20.9 Å². The fourth-order valence-corrected chi connectivity index (χ4v) is 4.31. The van der Waals surface area contributed by atoms with Gasteiger partial charge >= 0.3 is 0 Å². The van der Waals surface area contributed by atoms with Gasteiger partial charge in [-0.05, 0) is 35.0 Å². The average molecular weight is 333 g/mol. The molecular weight excluding hydrogens is 324 g/mol. The monoisotopic (exact) mass is 332 g/mol. The molecule has 0 amide bonds. The van der Waals surface area contributed by atoms with Gasteiger partial charge in [0.1, 0.15) is 0 Å². The Kier molecular flexibility index (Phi) is 3.60. The highest BCUT2D eigenvalue weighted by atomic mass is 79.9. The zero-order chi connectivity index (χ0) is 12.5. The van der Waals surface area contributed by atoms with E-state index >= 15 is 0 Å². The van der Waals surface area contributed by atoms with Crippen LogP contribution in [0.4, 0.5) is 0 Å². The van der Waals surface area contributed by atoms with Crippen molar-refractivity contribution >= 4 is 37.1 Å². The summed E-state index contributed by atoms with van der Waals surface area (Å²) in [5.41, 5.74) is 0.560. The van der Waals surface area contributed by atoms with E-state index in [-0.39, 0.29) is 10.8 Å². The average Bonchev–Trinajstić information content (AvgIpc) is 2.63. The summed E-state index contributed by atoms with van der Waals surface area (Å²) in [5.74, 6) is -0.118. The van der Waals surface area contributed by atoms with E-state index in [0.717, 1.165) is 5.01 Å². The van der Waals surface area contributed by atoms with Crippen LogP contribution in [-0.4, -0.2) is 18.4 Å². The summed E-state index contributed by atoms with van der Waals surface area (Å²) in [6.07, 6.45) is 1.46. The maximum Gasteiger partial charge on any atom is 0.202 e. The Morgan fingerprint density at radius 3 is 2.82 bits per heavy atom. The minimum atomic E-state index is -3.44. The van der Waals surface area contributed by atoms with Crippen molar-refractivity contribution < 1.29 is 8.42 Å². The normalized spacial score (nSPS) is 11.6. The molecule has 17 heavy (non-hydrogen) atoms. The number of hydrogen-bond acceptors (Lipinski definition) is 5. The number of pyridine rings is 1. The molecule has 0 saturated heterocycles. The first-order valence-electron chi connectivity index (χ1n) is 4.73. The predicted molar refractivity (Wildman–Crippen MR) is 69.7 cm³/mol. The van der Waals surface area contributed by atoms with E-state index in [4.69, 9.17) is 0 Å². The molecule has 0 aromatic carbocycles. The number of aromatic nitrogens is 2. The minimum Gasteiger partial charge on any atom is -0.246 e. The molecule has 2 aromatic heterocycles. The van der Waals surface area contributed by atoms with Gasteiger partial charge in [-0.25, -0.2) is 18.4 Å². The summed E-state index contributed by atoms with van der Waals surface area (Å²) in [7, 11) is -3.44. The van der Waals surface area contributed by atoms with Crippen LogP contribution < -0.4 is 0 Å². The van der Waals surface area contributed by atoms with Gasteiger partial charge in [-0.1, -0.05) is 0 Å². The van der Waals surface area contributed by atoms with Crippen LogP contribution in [0.15, 0.2) is 33.2 Å². The molecule has 0 saturated carbocycles. The van der Waals surface area contributed by atoms with Gasteiger partial charge in [-0.15, -0.1) is 11.3 Å². The fourth-order valence-electron chi connectivity index (χ4n) is 1.34. The van der Waals surface area contributed by atoms with Crippen LogP contribution in [-0.2, 0) is 15.6 Å². The van der Waals surface area contributed by atoms with Gasteiger partial charge in [-0.3, -0.25) is 0 Å². The highest BCUT2D eigenvalue weighted by Crippen LogP contribution is 2.22. The van der Waals surface area contributed by atoms with Gasteiger partial charge in [0.2, 0.25) is 9.84 Å². The number of aryl methyl sites for hydroxylation is 1. The van der Waals surface area contributed by atoms with Crippen LogP contribution in [0.25, 0.3) is 0 Å². The predicted octanol–water partition coefficient (Wildman–Crippen LogP) is 2.58. The van der Waals surface area contributed by atoms with Crippen molar-refractivity contribution in [2.24, 2.45) is 0 Å². The van der Waals surface area contributed by atoms with Crippen molar-refractivity contribution in [1.29, 1.82) is 0 Å². The van der Waals surface area contributed by atoms with Gasteiger partial charge in [-0.2, -0.15) is 0 Å². The summed E-state index contributed by atoms with van der Waals surface area (Å²) in [4.78, 5) is 8.04. The molecule has 0 N–H and O–H groups in total. The number of nitrogens with zero attached hydrogens (tertiary/aromatic N) is 2. The molecule has 7 heteroatoms. The third-order valence-corrected chi connectivity index (χ3v) is 5.34. The van der Waals surface area contributed by atoms with Crippen LogP contribution >= 0.6 is 27.3 Å². The van der Waals surface area contributed by atoms with Crippen LogP contribution in [0.1, 0.15) is 10.7 Å². The summed E-state index contributed by atoms with van der Waals surface area (Å²) >= 11 is 4.63. The molecule has 90 valence electrons. The van der Waals surface area contributed by atoms with E-state index in [1.165, 1.54) is 17.5 Å². The Labute approximate surface area is 112 Å². The Hall–Kier alpha value is -0.790. The highest BCUT2D eigenvalue weighted by molar-refractivity contribution is 9.10. The van der Waals surface area contributed by atoms with Crippen molar-refractivity contribution in [2.75, 3.05) is 0 Å². The number of thiazole rings is 1. The lowest BCUT2D eigenvalue weighted by atomic mass is 10.5. The molecule has 0 aliphatic carbocycles. The number of rotatable bonds is 3. The lowest BCUT2D eigenvalue weighted by Gasteiger charge is -2.03. The van der Waals surface area contributed by atoms with Crippen molar-refractivity contribution in [3.05, 3.63) is 38.9 Å². The Morgan fingerprint density at radius 1 is 1.47 bits per heavy atom. The van der Waals surface area contributed by atoms with Gasteiger partial charge < -0.3 is 0 Å². The molecule has 4 nitrogen and oxygen atoms in total. The van der Waals surface area contributed by atoms with Crippen LogP contribution in [0.5, 0.6) is 0 Å². The molecule has 0 bridgehead atoms. The van der Waals surface area contributed by atoms with E-state index in [0.29, 0.717) is 10.2 Å². The maximum absolute atomic E-state index is 12.1. The molecule has 0 aliphatic heterocycles. The van der Waals surface area contributed by atoms with Crippen molar-refractivity contribution in [3.63, 3.8) is 0 Å². The molecular formula is C10H9BrN2O2S2. The molecule has 2 aromatic rings. The molecule has 2 rings (SSSR count). The Balaban J connectivity index is 2.35. The van der Waals surface area contributed by atoms with Gasteiger partial charge in [0, 0.05) is 11.6 Å². The summed E-state index contributed by atoms with van der Waals surface area (Å²) in [5, 5.41) is 2.67. The van der Waals surface area contributed by atoms with E-state index < -0.39 is 9.84 Å². The third-order valence-electron chi connectivity index (χ3n) is 2.02. The first-order chi connectivity index (χ1) is 7.99. The summed E-state index contributed by atoms with van der Waals surface area (Å²) in [6.45, 7) is 1.84. The third kappa shape index (κ3) is 2.91. The highest BCUT2D eigenvalue weighted by Gasteiger charge is 2.21. The van der Waals surface area contributed by atoms with Crippen LogP contribution in [0.3, 0.4) is 0 Å². The second kappa shape index (κ2) is 4.83. The number of halogens is 1. The molecule has 0 fully saturated rings. The largest absolute Gasteiger partial charge is 0.246 e. The van der Waals surface area contributed by atoms with E-state index in [1.807, 2.05) is 6.92 Å². The second-order valence-electron chi connectivity index (χ2n) is 3.41. The molecule has 2 heterocycles. The second-order valence-corrected chi connectivity index (χ2v) is 7.23. The van der Waals surface area contributed by atoms with Crippen molar-refractivity contribution in [3.8, 4) is 0 Å². The molecule has 0 radical (unpaired) electrons. The van der Waals surface area contributed by atoms with Crippen LogP contribution in [0.2, 0.25) is 0 Å². The molecule has 0 atom stereocenters. The van der Waals surface area contributed by atoms with E-state index in [9.17, 15) is 8.42 Å². The first-order valence-corrected chi connectivity index (χ1v) is 8.06. The number of hydrogen-bond donors (Lipinski definition) is 0. The standard InChI is InChI=1S/C10H9BrN2O2S2/c1-7-13-8(5-16-7)6-17(14,15)10-9(11)3-2-4-12-10/h2-5H,6H2,1H3. The number of sulfone groups is 1. The zero-order valence-corrected chi connectivity index (χ0v) is 12.1. The fraction of sp³-hybridized carbons (Fsp3) is 0.200. The van der Waals surface area contributed by atoms with E-state index in [1.54, 1.807) is 17.5 Å². The smallest absolute Gasteiger partial charge is 0.202 e. The Bertz CT molecular complexity index is 637. The van der Waals surface area contributed by atoms with Crippen molar-refractivity contribution in [2.45, 2.75) is 17.7 Å².